The van der Waals surface area contributed by atoms with Crippen molar-refractivity contribution in [2.45, 2.75) is 57.2 Å². The van der Waals surface area contributed by atoms with Gasteiger partial charge in [0, 0.05) is 34.6 Å². The molecule has 3 aliphatic rings. The second kappa shape index (κ2) is 7.94. The molecule has 0 unspecified atom stereocenters. The van der Waals surface area contributed by atoms with Crippen molar-refractivity contribution in [3.63, 3.8) is 0 Å². The van der Waals surface area contributed by atoms with Gasteiger partial charge in [-0.3, -0.25) is 9.59 Å². The van der Waals surface area contributed by atoms with Crippen LogP contribution in [0.5, 0.6) is 5.75 Å². The predicted octanol–water partition coefficient (Wildman–Crippen LogP) is 4.19. The standard InChI is InChI=1S/C27H29N3O3/c1-2-33-23-14-8-6-12-19(23)26-25-20(18-11-5-7-13-21(18)28-25)15-22-27(32)29(16-24(31)30(22)26)17-9-3-4-10-17/h5-8,11-14,17,22,26,28H,2-4,9-10,15-16H2,1H3/t22-,26+/m0/s1. The van der Waals surface area contributed by atoms with E-state index in [1.54, 1.807) is 0 Å². The molecule has 2 aliphatic heterocycles. The van der Waals surface area contributed by atoms with Crippen LogP contribution in [-0.4, -0.2) is 51.8 Å². The number of benzene rings is 2. The van der Waals surface area contributed by atoms with Gasteiger partial charge in [-0.25, -0.2) is 0 Å². The summed E-state index contributed by atoms with van der Waals surface area (Å²) < 4.78 is 5.98. The number of rotatable bonds is 4. The number of amides is 2. The second-order valence-corrected chi connectivity index (χ2v) is 9.36. The Labute approximate surface area is 193 Å². The number of nitrogens with zero attached hydrogens (tertiary/aromatic N) is 2. The van der Waals surface area contributed by atoms with E-state index in [1.807, 2.05) is 53.1 Å². The Morgan fingerprint density at radius 1 is 1.03 bits per heavy atom. The zero-order valence-corrected chi connectivity index (χ0v) is 18.9. The molecule has 170 valence electrons. The molecule has 1 aliphatic carbocycles. The monoisotopic (exact) mass is 443 g/mol. The third-order valence-electron chi connectivity index (χ3n) is 7.57. The fraction of sp³-hybridized carbons (Fsp3) is 0.407. The van der Waals surface area contributed by atoms with Crippen LogP contribution >= 0.6 is 0 Å². The van der Waals surface area contributed by atoms with Crippen molar-refractivity contribution in [3.8, 4) is 5.75 Å². The van der Waals surface area contributed by atoms with E-state index in [2.05, 4.69) is 17.1 Å². The number of nitrogens with one attached hydrogen (secondary N) is 1. The Bertz CT molecular complexity index is 1230. The van der Waals surface area contributed by atoms with Crippen molar-refractivity contribution in [3.05, 3.63) is 65.4 Å². The molecule has 1 saturated heterocycles. The minimum absolute atomic E-state index is 0.0205. The van der Waals surface area contributed by atoms with Gasteiger partial charge in [0.15, 0.2) is 0 Å². The van der Waals surface area contributed by atoms with Gasteiger partial charge in [0.1, 0.15) is 24.4 Å². The van der Waals surface area contributed by atoms with Crippen molar-refractivity contribution >= 4 is 22.7 Å². The van der Waals surface area contributed by atoms with E-state index >= 15 is 0 Å². The maximum atomic E-state index is 13.8. The highest BCUT2D eigenvalue weighted by Crippen LogP contribution is 2.45. The highest BCUT2D eigenvalue weighted by Gasteiger charge is 2.50. The molecule has 2 amide bonds. The van der Waals surface area contributed by atoms with Crippen molar-refractivity contribution in [1.82, 2.24) is 14.8 Å². The first-order chi connectivity index (χ1) is 16.2. The summed E-state index contributed by atoms with van der Waals surface area (Å²) in [5, 5.41) is 1.13. The minimum atomic E-state index is -0.488. The van der Waals surface area contributed by atoms with Crippen LogP contribution in [0.1, 0.15) is 55.5 Å². The Kier molecular flexibility index (Phi) is 4.89. The van der Waals surface area contributed by atoms with Gasteiger partial charge in [0.25, 0.3) is 0 Å². The number of aromatic amines is 1. The molecule has 2 aromatic carbocycles. The lowest BCUT2D eigenvalue weighted by atomic mass is 9.85. The molecule has 1 saturated carbocycles. The quantitative estimate of drug-likeness (QED) is 0.657. The normalized spacial score (nSPS) is 23.2. The molecule has 0 spiro atoms. The van der Waals surface area contributed by atoms with Gasteiger partial charge in [0.05, 0.1) is 6.61 Å². The molecule has 1 N–H and O–H groups in total. The van der Waals surface area contributed by atoms with Crippen LogP contribution < -0.4 is 4.74 Å². The number of H-pyrrole nitrogens is 1. The first kappa shape index (κ1) is 20.3. The van der Waals surface area contributed by atoms with Gasteiger partial charge in [-0.15, -0.1) is 0 Å². The highest BCUT2D eigenvalue weighted by molar-refractivity contribution is 5.98. The number of aromatic nitrogens is 1. The smallest absolute Gasteiger partial charge is 0.246 e. The molecular formula is C27H29N3O3. The number of carbonyl (C=O) groups is 2. The predicted molar refractivity (Wildman–Crippen MR) is 126 cm³/mol. The van der Waals surface area contributed by atoms with Crippen LogP contribution in [0.2, 0.25) is 0 Å². The lowest BCUT2D eigenvalue weighted by Crippen LogP contribution is -2.64. The number of piperazine rings is 1. The summed E-state index contributed by atoms with van der Waals surface area (Å²) in [4.78, 5) is 34.8. The molecule has 3 aromatic rings. The SMILES string of the molecule is CCOc1ccccc1[C@@H]1c2[nH]c3ccccc3c2C[C@H]2C(=O)N(C3CCCC3)CC(=O)N12. The Balaban J connectivity index is 1.52. The number of carbonyl (C=O) groups excluding carboxylic acids is 2. The summed E-state index contributed by atoms with van der Waals surface area (Å²) in [6.45, 7) is 2.67. The Hall–Kier alpha value is -3.28. The molecule has 0 bridgehead atoms. The van der Waals surface area contributed by atoms with E-state index in [0.29, 0.717) is 13.0 Å². The molecule has 2 fully saturated rings. The van der Waals surface area contributed by atoms with E-state index in [-0.39, 0.29) is 30.4 Å². The molecule has 33 heavy (non-hydrogen) atoms. The average molecular weight is 444 g/mol. The number of fused-ring (bicyclic) bond motifs is 4. The number of hydrogen-bond donors (Lipinski definition) is 1. The molecule has 3 heterocycles. The summed E-state index contributed by atoms with van der Waals surface area (Å²) in [6.07, 6.45) is 4.81. The van der Waals surface area contributed by atoms with Gasteiger partial charge in [-0.2, -0.15) is 0 Å². The van der Waals surface area contributed by atoms with Crippen LogP contribution in [0, 0.1) is 0 Å². The van der Waals surface area contributed by atoms with Crippen molar-refractivity contribution in [1.29, 1.82) is 0 Å². The molecule has 1 aromatic heterocycles. The largest absolute Gasteiger partial charge is 0.494 e. The van der Waals surface area contributed by atoms with E-state index in [0.717, 1.165) is 59.2 Å². The van der Waals surface area contributed by atoms with Crippen molar-refractivity contribution in [2.75, 3.05) is 13.2 Å². The number of hydrogen-bond acceptors (Lipinski definition) is 3. The first-order valence-electron chi connectivity index (χ1n) is 12.1. The summed E-state index contributed by atoms with van der Waals surface area (Å²) in [5.41, 5.74) is 4.09. The average Bonchev–Trinajstić information content (AvgIpc) is 3.49. The fourth-order valence-corrected chi connectivity index (χ4v) is 6.13. The van der Waals surface area contributed by atoms with Gasteiger partial charge >= 0.3 is 0 Å². The third-order valence-corrected chi connectivity index (χ3v) is 7.57. The fourth-order valence-electron chi connectivity index (χ4n) is 6.13. The van der Waals surface area contributed by atoms with E-state index < -0.39 is 6.04 Å². The van der Waals surface area contributed by atoms with E-state index in [9.17, 15) is 9.59 Å². The van der Waals surface area contributed by atoms with Crippen molar-refractivity contribution < 1.29 is 14.3 Å². The summed E-state index contributed by atoms with van der Waals surface area (Å²) in [5.74, 6) is 0.872. The third kappa shape index (κ3) is 3.15. The van der Waals surface area contributed by atoms with Gasteiger partial charge in [0.2, 0.25) is 11.8 Å². The zero-order chi connectivity index (χ0) is 22.5. The Morgan fingerprint density at radius 2 is 1.79 bits per heavy atom. The first-order valence-corrected chi connectivity index (χ1v) is 12.1. The van der Waals surface area contributed by atoms with Crippen LogP contribution in [0.25, 0.3) is 10.9 Å². The number of ether oxygens (including phenoxy) is 1. The Morgan fingerprint density at radius 3 is 2.61 bits per heavy atom. The van der Waals surface area contributed by atoms with E-state index in [1.165, 1.54) is 0 Å². The van der Waals surface area contributed by atoms with Gasteiger partial charge in [-0.05, 0) is 37.5 Å². The summed E-state index contributed by atoms with van der Waals surface area (Å²) in [6, 6.07) is 15.4. The van der Waals surface area contributed by atoms with Gasteiger partial charge < -0.3 is 19.5 Å². The highest BCUT2D eigenvalue weighted by atomic mass is 16.5. The lowest BCUT2D eigenvalue weighted by Gasteiger charge is -2.48. The molecule has 0 radical (unpaired) electrons. The maximum absolute atomic E-state index is 13.8. The molecule has 6 rings (SSSR count). The van der Waals surface area contributed by atoms with Gasteiger partial charge in [-0.1, -0.05) is 49.2 Å². The topological polar surface area (TPSA) is 65.6 Å². The molecule has 6 heteroatoms. The zero-order valence-electron chi connectivity index (χ0n) is 18.9. The molecular weight excluding hydrogens is 414 g/mol. The minimum Gasteiger partial charge on any atom is -0.494 e. The second-order valence-electron chi connectivity index (χ2n) is 9.36. The summed E-state index contributed by atoms with van der Waals surface area (Å²) in [7, 11) is 0. The lowest BCUT2D eigenvalue weighted by molar-refractivity contribution is -0.160. The van der Waals surface area contributed by atoms with Crippen LogP contribution in [0.4, 0.5) is 0 Å². The molecule has 6 nitrogen and oxygen atoms in total. The van der Waals surface area contributed by atoms with Crippen LogP contribution in [-0.2, 0) is 16.0 Å². The van der Waals surface area contributed by atoms with Crippen LogP contribution in [0.3, 0.4) is 0 Å². The van der Waals surface area contributed by atoms with E-state index in [4.69, 9.17) is 4.74 Å². The molecule has 2 atom stereocenters. The van der Waals surface area contributed by atoms with Crippen molar-refractivity contribution in [2.24, 2.45) is 0 Å². The van der Waals surface area contributed by atoms with Crippen LogP contribution in [0.15, 0.2) is 48.5 Å². The summed E-state index contributed by atoms with van der Waals surface area (Å²) >= 11 is 0. The number of para-hydroxylation sites is 2. The maximum Gasteiger partial charge on any atom is 0.246 e.